The molecule has 1 aromatic heterocycles. The summed E-state index contributed by atoms with van der Waals surface area (Å²) in [6, 6.07) is 10.5. The van der Waals surface area contributed by atoms with E-state index in [9.17, 15) is 13.2 Å². The summed E-state index contributed by atoms with van der Waals surface area (Å²) in [4.78, 5) is 17.3. The number of sulfonamides is 1. The number of anilines is 1. The monoisotopic (exact) mass is 474 g/mol. The van der Waals surface area contributed by atoms with E-state index in [0.29, 0.717) is 35.7 Å². The van der Waals surface area contributed by atoms with Gasteiger partial charge >= 0.3 is 0 Å². The van der Waals surface area contributed by atoms with Crippen molar-refractivity contribution in [1.29, 1.82) is 0 Å². The van der Waals surface area contributed by atoms with Gasteiger partial charge in [-0.25, -0.2) is 13.4 Å². The van der Waals surface area contributed by atoms with E-state index in [-0.39, 0.29) is 17.2 Å². The number of fused-ring (bicyclic) bond motifs is 1. The van der Waals surface area contributed by atoms with Crippen molar-refractivity contribution in [3.8, 4) is 0 Å². The molecule has 4 rings (SSSR count). The number of nitrogens with one attached hydrogen (secondary N) is 1. The van der Waals surface area contributed by atoms with Gasteiger partial charge in [0.05, 0.1) is 26.6 Å². The third-order valence-electron chi connectivity index (χ3n) is 5.87. The van der Waals surface area contributed by atoms with Crippen molar-refractivity contribution in [2.24, 2.45) is 7.05 Å². The number of rotatable bonds is 6. The number of imidazole rings is 1. The molecule has 0 unspecified atom stereocenters. The topological polar surface area (TPSA) is 84.3 Å². The molecule has 2 aromatic carbocycles. The van der Waals surface area contributed by atoms with E-state index in [1.807, 2.05) is 24.6 Å². The third-order valence-corrected chi connectivity index (χ3v) is 8.08. The second kappa shape index (κ2) is 9.21. The Morgan fingerprint density at radius 2 is 1.88 bits per heavy atom. The summed E-state index contributed by atoms with van der Waals surface area (Å²) in [5.74, 6) is 0.564. The number of carbonyl (C=O) groups excluding carboxylic acids is 1. The fourth-order valence-electron chi connectivity index (χ4n) is 4.03. The van der Waals surface area contributed by atoms with Crippen LogP contribution in [0.2, 0.25) is 5.02 Å². The Kier molecular flexibility index (Phi) is 6.55. The minimum absolute atomic E-state index is 0.156. The Labute approximate surface area is 193 Å². The van der Waals surface area contributed by atoms with Gasteiger partial charge in [0.25, 0.3) is 0 Å². The molecule has 1 amide bonds. The Morgan fingerprint density at radius 1 is 1.12 bits per heavy atom. The Morgan fingerprint density at radius 3 is 2.59 bits per heavy atom. The highest BCUT2D eigenvalue weighted by Crippen LogP contribution is 2.26. The number of amides is 1. The summed E-state index contributed by atoms with van der Waals surface area (Å²) < 4.78 is 29.4. The Balaban J connectivity index is 1.49. The molecule has 170 valence electrons. The maximum Gasteiger partial charge on any atom is 0.243 e. The van der Waals surface area contributed by atoms with Crippen molar-refractivity contribution >= 4 is 44.3 Å². The lowest BCUT2D eigenvalue weighted by Gasteiger charge is -2.25. The molecule has 1 fully saturated rings. The van der Waals surface area contributed by atoms with E-state index >= 15 is 0 Å². The molecule has 1 N–H and O–H groups in total. The lowest BCUT2D eigenvalue weighted by molar-refractivity contribution is -0.116. The summed E-state index contributed by atoms with van der Waals surface area (Å²) in [7, 11) is -1.64. The van der Waals surface area contributed by atoms with E-state index in [1.165, 1.54) is 0 Å². The number of piperidine rings is 1. The standard InChI is InChI=1S/C23H27ClN4O3S/c1-16-6-8-19(18(24)14-16)26-23(29)11-10-22-25-20-15-17(7-9-21(20)27(22)2)32(30,31)28-12-4-3-5-13-28/h6-9,14-15H,3-5,10-13H2,1-2H3,(H,26,29). The molecule has 2 heterocycles. The predicted octanol–water partition coefficient (Wildman–Crippen LogP) is 4.28. The molecule has 1 aliphatic heterocycles. The van der Waals surface area contributed by atoms with E-state index in [2.05, 4.69) is 10.3 Å². The van der Waals surface area contributed by atoms with E-state index in [0.717, 1.165) is 36.2 Å². The number of benzene rings is 2. The first-order valence-corrected chi connectivity index (χ1v) is 12.6. The van der Waals surface area contributed by atoms with E-state index in [4.69, 9.17) is 11.6 Å². The maximum atomic E-state index is 13.0. The quantitative estimate of drug-likeness (QED) is 0.577. The van der Waals surface area contributed by atoms with Crippen LogP contribution in [0.4, 0.5) is 5.69 Å². The van der Waals surface area contributed by atoms with E-state index in [1.54, 1.807) is 34.6 Å². The first-order valence-electron chi connectivity index (χ1n) is 10.8. The number of aromatic nitrogens is 2. The number of aryl methyl sites for hydroxylation is 3. The van der Waals surface area contributed by atoms with Gasteiger partial charge in [-0.3, -0.25) is 4.79 Å². The van der Waals surface area contributed by atoms with Crippen molar-refractivity contribution < 1.29 is 13.2 Å². The lowest BCUT2D eigenvalue weighted by Crippen LogP contribution is -2.35. The minimum atomic E-state index is -3.52. The number of carbonyl (C=O) groups is 1. The summed E-state index contributed by atoms with van der Waals surface area (Å²) in [6.45, 7) is 3.06. The van der Waals surface area contributed by atoms with Crippen molar-refractivity contribution in [1.82, 2.24) is 13.9 Å². The zero-order valence-electron chi connectivity index (χ0n) is 18.3. The molecular formula is C23H27ClN4O3S. The zero-order valence-corrected chi connectivity index (χ0v) is 19.8. The van der Waals surface area contributed by atoms with Gasteiger partial charge in [-0.05, 0) is 55.7 Å². The van der Waals surface area contributed by atoms with Gasteiger partial charge in [-0.15, -0.1) is 0 Å². The molecule has 3 aromatic rings. The van der Waals surface area contributed by atoms with Gasteiger partial charge in [0.2, 0.25) is 15.9 Å². The highest BCUT2D eigenvalue weighted by Gasteiger charge is 2.26. The van der Waals surface area contributed by atoms with Crippen LogP contribution in [0.5, 0.6) is 0 Å². The summed E-state index contributed by atoms with van der Waals surface area (Å²) >= 11 is 6.19. The Hall–Kier alpha value is -2.42. The summed E-state index contributed by atoms with van der Waals surface area (Å²) in [5.41, 5.74) is 3.05. The zero-order chi connectivity index (χ0) is 22.9. The summed E-state index contributed by atoms with van der Waals surface area (Å²) in [5, 5.41) is 3.34. The van der Waals surface area contributed by atoms with Crippen LogP contribution in [0.1, 0.15) is 37.1 Å². The maximum absolute atomic E-state index is 13.0. The molecule has 0 spiro atoms. The molecule has 9 heteroatoms. The largest absolute Gasteiger partial charge is 0.331 e. The van der Waals surface area contributed by atoms with Gasteiger partial charge in [0.1, 0.15) is 5.82 Å². The second-order valence-electron chi connectivity index (χ2n) is 8.23. The predicted molar refractivity (Wildman–Crippen MR) is 126 cm³/mol. The van der Waals surface area contributed by atoms with Gasteiger partial charge < -0.3 is 9.88 Å². The highest BCUT2D eigenvalue weighted by atomic mass is 35.5. The van der Waals surface area contributed by atoms with Crippen LogP contribution in [0.3, 0.4) is 0 Å². The molecule has 0 saturated carbocycles. The molecule has 32 heavy (non-hydrogen) atoms. The van der Waals surface area contributed by atoms with Crippen molar-refractivity contribution in [2.45, 2.75) is 43.9 Å². The molecule has 1 saturated heterocycles. The van der Waals surface area contributed by atoms with Crippen molar-refractivity contribution in [2.75, 3.05) is 18.4 Å². The molecule has 1 aliphatic rings. The average Bonchev–Trinajstić information content (AvgIpc) is 3.10. The number of hydrogen-bond donors (Lipinski definition) is 1. The fraction of sp³-hybridized carbons (Fsp3) is 0.391. The van der Waals surface area contributed by atoms with Gasteiger partial charge in [0.15, 0.2) is 0 Å². The van der Waals surface area contributed by atoms with Gasteiger partial charge in [0, 0.05) is 33.0 Å². The Bertz CT molecular complexity index is 1260. The molecule has 0 bridgehead atoms. The number of halogens is 1. The number of nitrogens with zero attached hydrogens (tertiary/aromatic N) is 3. The van der Waals surface area contributed by atoms with Crippen LogP contribution in [-0.4, -0.2) is 41.3 Å². The molecule has 7 nitrogen and oxygen atoms in total. The van der Waals surface area contributed by atoms with Crippen LogP contribution in [0.25, 0.3) is 11.0 Å². The molecule has 0 aliphatic carbocycles. The normalized spacial score (nSPS) is 15.2. The number of hydrogen-bond acceptors (Lipinski definition) is 4. The smallest absolute Gasteiger partial charge is 0.243 e. The van der Waals surface area contributed by atoms with Gasteiger partial charge in [-0.1, -0.05) is 24.1 Å². The third kappa shape index (κ3) is 4.67. The molecule has 0 atom stereocenters. The lowest BCUT2D eigenvalue weighted by atomic mass is 10.2. The van der Waals surface area contributed by atoms with E-state index < -0.39 is 10.0 Å². The van der Waals surface area contributed by atoms with Gasteiger partial charge in [-0.2, -0.15) is 4.31 Å². The first-order chi connectivity index (χ1) is 15.3. The van der Waals surface area contributed by atoms with Crippen molar-refractivity contribution in [3.05, 3.63) is 52.8 Å². The fourth-order valence-corrected chi connectivity index (χ4v) is 5.85. The van der Waals surface area contributed by atoms with Crippen LogP contribution in [0.15, 0.2) is 41.3 Å². The van der Waals surface area contributed by atoms with Crippen LogP contribution in [0, 0.1) is 6.92 Å². The minimum Gasteiger partial charge on any atom is -0.331 e. The van der Waals surface area contributed by atoms with Crippen LogP contribution < -0.4 is 5.32 Å². The first kappa shape index (κ1) is 22.8. The average molecular weight is 475 g/mol. The highest BCUT2D eigenvalue weighted by molar-refractivity contribution is 7.89. The molecular weight excluding hydrogens is 448 g/mol. The van der Waals surface area contributed by atoms with Crippen molar-refractivity contribution in [3.63, 3.8) is 0 Å². The molecule has 0 radical (unpaired) electrons. The summed E-state index contributed by atoms with van der Waals surface area (Å²) in [6.07, 6.45) is 3.52. The van der Waals surface area contributed by atoms with Crippen LogP contribution >= 0.6 is 11.6 Å². The SMILES string of the molecule is Cc1ccc(NC(=O)CCc2nc3cc(S(=O)(=O)N4CCCCC4)ccc3n2C)c(Cl)c1. The van der Waals surface area contributed by atoms with Crippen LogP contribution in [-0.2, 0) is 28.3 Å². The second-order valence-corrected chi connectivity index (χ2v) is 10.6.